The van der Waals surface area contributed by atoms with Crippen molar-refractivity contribution in [2.45, 2.75) is 31.1 Å². The Hall–Kier alpha value is -2.71. The van der Waals surface area contributed by atoms with Gasteiger partial charge in [-0.2, -0.15) is 0 Å². The van der Waals surface area contributed by atoms with Crippen LogP contribution >= 0.6 is 7.82 Å². The maximum absolute atomic E-state index is 13.2. The van der Waals surface area contributed by atoms with Gasteiger partial charge in [-0.1, -0.05) is 6.07 Å². The van der Waals surface area contributed by atoms with Crippen molar-refractivity contribution in [1.82, 2.24) is 19.5 Å². The van der Waals surface area contributed by atoms with Crippen LogP contribution in [-0.2, 0) is 20.4 Å². The van der Waals surface area contributed by atoms with Crippen molar-refractivity contribution in [2.24, 2.45) is 0 Å². The molecule has 1 saturated heterocycles. The molecule has 4 rings (SSSR count). The highest BCUT2D eigenvalue weighted by Crippen LogP contribution is 2.39. The van der Waals surface area contributed by atoms with E-state index in [1.165, 1.54) is 29.4 Å². The third-order valence-electron chi connectivity index (χ3n) is 4.87. The number of halogens is 1. The minimum Gasteiger partial charge on any atom is -0.507 e. The summed E-state index contributed by atoms with van der Waals surface area (Å²) in [5, 5.41) is 33.3. The summed E-state index contributed by atoms with van der Waals surface area (Å²) in [7, 11) is -4.79. The Kier molecular flexibility index (Phi) is 6.09. The van der Waals surface area contributed by atoms with Gasteiger partial charge in [0.15, 0.2) is 23.2 Å². The number of aromatic nitrogens is 4. The van der Waals surface area contributed by atoms with Crippen LogP contribution in [0.25, 0.3) is 11.2 Å². The largest absolute Gasteiger partial charge is 0.507 e. The molecule has 0 bridgehead atoms. The lowest BCUT2D eigenvalue weighted by Crippen LogP contribution is -2.33. The zero-order chi connectivity index (χ0) is 23.0. The first kappa shape index (κ1) is 22.5. The molecule has 32 heavy (non-hydrogen) atoms. The first-order chi connectivity index (χ1) is 15.1. The quantitative estimate of drug-likeness (QED) is 0.253. The molecule has 3 aromatic rings. The number of aliphatic hydroxyl groups is 2. The van der Waals surface area contributed by atoms with Gasteiger partial charge in [0.2, 0.25) is 0 Å². The van der Waals surface area contributed by atoms with Gasteiger partial charge >= 0.3 is 7.82 Å². The van der Waals surface area contributed by atoms with E-state index in [-0.39, 0.29) is 29.3 Å². The second kappa shape index (κ2) is 8.67. The number of nitrogens with zero attached hydrogens (tertiary/aromatic N) is 4. The highest BCUT2D eigenvalue weighted by Gasteiger charge is 2.45. The van der Waals surface area contributed by atoms with Crippen LogP contribution < -0.4 is 5.32 Å². The summed E-state index contributed by atoms with van der Waals surface area (Å²) in [6.45, 7) is -0.539. The summed E-state index contributed by atoms with van der Waals surface area (Å²) >= 11 is 0. The Morgan fingerprint density at radius 2 is 2.00 bits per heavy atom. The fourth-order valence-electron chi connectivity index (χ4n) is 3.30. The van der Waals surface area contributed by atoms with Gasteiger partial charge < -0.3 is 35.2 Å². The van der Waals surface area contributed by atoms with E-state index in [4.69, 9.17) is 14.5 Å². The van der Waals surface area contributed by atoms with Crippen molar-refractivity contribution in [2.75, 3.05) is 11.9 Å². The average Bonchev–Trinajstić information content (AvgIpc) is 3.27. The number of phenolic OH excluding ortho intramolecular Hbond substituents is 1. The maximum Gasteiger partial charge on any atom is 0.469 e. The van der Waals surface area contributed by atoms with Crippen molar-refractivity contribution >= 4 is 24.8 Å². The van der Waals surface area contributed by atoms with E-state index in [0.717, 1.165) is 6.07 Å². The first-order valence-corrected chi connectivity index (χ1v) is 10.8. The van der Waals surface area contributed by atoms with Gasteiger partial charge in [0.25, 0.3) is 0 Å². The van der Waals surface area contributed by atoms with Crippen LogP contribution in [-0.4, -0.2) is 69.5 Å². The molecule has 3 heterocycles. The number of benzene rings is 1. The zero-order valence-corrected chi connectivity index (χ0v) is 17.1. The van der Waals surface area contributed by atoms with Crippen molar-refractivity contribution < 1.29 is 43.3 Å². The summed E-state index contributed by atoms with van der Waals surface area (Å²) in [6, 6.07) is 3.61. The van der Waals surface area contributed by atoms with E-state index in [2.05, 4.69) is 24.8 Å². The predicted molar refractivity (Wildman–Crippen MR) is 105 cm³/mol. The summed E-state index contributed by atoms with van der Waals surface area (Å²) in [5.41, 5.74) is 0.941. The van der Waals surface area contributed by atoms with Crippen molar-refractivity contribution in [3.05, 3.63) is 42.2 Å². The summed E-state index contributed by atoms with van der Waals surface area (Å²) < 4.78 is 35.3. The van der Waals surface area contributed by atoms with Crippen LogP contribution in [0.5, 0.6) is 5.75 Å². The SMILES string of the molecule is O=P(O)(O)OC[C@H]1O[C@@H](n2cnc3c(NCc4ccc(F)cc4O)ncnc32)[C@H](O)[C@@H]1O. The van der Waals surface area contributed by atoms with Crippen molar-refractivity contribution in [3.8, 4) is 5.75 Å². The van der Waals surface area contributed by atoms with Crippen LogP contribution in [0, 0.1) is 5.82 Å². The molecule has 0 amide bonds. The van der Waals surface area contributed by atoms with Crippen LogP contribution in [0.4, 0.5) is 10.2 Å². The molecule has 172 valence electrons. The fourth-order valence-corrected chi connectivity index (χ4v) is 3.64. The number of ether oxygens (including phenoxy) is 1. The number of phosphoric ester groups is 1. The molecule has 2 aromatic heterocycles. The maximum atomic E-state index is 13.2. The van der Waals surface area contributed by atoms with Crippen LogP contribution in [0.1, 0.15) is 11.8 Å². The van der Waals surface area contributed by atoms with Gasteiger partial charge in [0.05, 0.1) is 12.9 Å². The molecule has 1 aromatic carbocycles. The van der Waals surface area contributed by atoms with Crippen LogP contribution in [0.3, 0.4) is 0 Å². The second-order valence-corrected chi connectivity index (χ2v) is 8.24. The summed E-state index contributed by atoms with van der Waals surface area (Å²) in [6.07, 6.45) is -2.79. The molecule has 1 aliphatic rings. The lowest BCUT2D eigenvalue weighted by molar-refractivity contribution is -0.0504. The average molecular weight is 471 g/mol. The van der Waals surface area contributed by atoms with Crippen LogP contribution in [0.2, 0.25) is 0 Å². The number of anilines is 1. The predicted octanol–water partition coefficient (Wildman–Crippen LogP) is 0.0116. The van der Waals surface area contributed by atoms with Crippen molar-refractivity contribution in [1.29, 1.82) is 0 Å². The molecule has 0 aliphatic carbocycles. The van der Waals surface area contributed by atoms with Gasteiger partial charge in [0.1, 0.15) is 36.2 Å². The molecule has 1 aliphatic heterocycles. The number of imidazole rings is 1. The molecule has 0 spiro atoms. The topological polar surface area (TPSA) is 192 Å². The summed E-state index contributed by atoms with van der Waals surface area (Å²) in [4.78, 5) is 30.1. The number of rotatable bonds is 7. The van der Waals surface area contributed by atoms with E-state index in [0.29, 0.717) is 5.56 Å². The molecule has 15 heteroatoms. The van der Waals surface area contributed by atoms with Gasteiger partial charge in [0, 0.05) is 18.2 Å². The number of phenols is 1. The van der Waals surface area contributed by atoms with Gasteiger partial charge in [-0.05, 0) is 6.07 Å². The lowest BCUT2D eigenvalue weighted by atomic mass is 10.1. The number of phosphoric acid groups is 1. The Morgan fingerprint density at radius 1 is 1.22 bits per heavy atom. The van der Waals surface area contributed by atoms with Gasteiger partial charge in [-0.3, -0.25) is 9.09 Å². The normalized spacial score (nSPS) is 23.7. The third kappa shape index (κ3) is 4.56. The number of hydrogen-bond acceptors (Lipinski definition) is 10. The molecular weight excluding hydrogens is 452 g/mol. The Morgan fingerprint density at radius 3 is 2.72 bits per heavy atom. The smallest absolute Gasteiger partial charge is 0.469 e. The molecule has 0 unspecified atom stereocenters. The number of hydrogen-bond donors (Lipinski definition) is 6. The van der Waals surface area contributed by atoms with E-state index in [1.54, 1.807) is 0 Å². The molecular formula is C17H19FN5O8P. The Bertz CT molecular complexity index is 1170. The Balaban J connectivity index is 1.54. The van der Waals surface area contributed by atoms with Crippen molar-refractivity contribution in [3.63, 3.8) is 0 Å². The standard InChI is InChI=1S/C17H19FN5O8P/c18-9-2-1-8(10(24)3-9)4-19-15-12-16(21-6-20-15)23(7-22-12)17-14(26)13(25)11(31-17)5-30-32(27,28)29/h1-3,6-7,11,13-14,17,24-26H,4-5H2,(H,19,20,21)(H2,27,28,29)/t11-,13-,14-,17-/m1/s1. The van der Waals surface area contributed by atoms with Gasteiger partial charge in [-0.15, -0.1) is 0 Å². The number of nitrogens with one attached hydrogen (secondary N) is 1. The number of aromatic hydroxyl groups is 1. The molecule has 4 atom stereocenters. The highest BCUT2D eigenvalue weighted by atomic mass is 31.2. The number of aliphatic hydroxyl groups excluding tert-OH is 2. The highest BCUT2D eigenvalue weighted by molar-refractivity contribution is 7.46. The summed E-state index contributed by atoms with van der Waals surface area (Å²) in [5.74, 6) is -0.517. The minimum absolute atomic E-state index is 0.105. The molecule has 6 N–H and O–H groups in total. The van der Waals surface area contributed by atoms with E-state index in [1.807, 2.05) is 0 Å². The molecule has 0 radical (unpaired) electrons. The Labute approximate surface area is 179 Å². The van der Waals surface area contributed by atoms with Crippen LogP contribution in [0.15, 0.2) is 30.9 Å². The third-order valence-corrected chi connectivity index (χ3v) is 5.36. The molecule has 13 nitrogen and oxygen atoms in total. The first-order valence-electron chi connectivity index (χ1n) is 9.24. The number of fused-ring (bicyclic) bond motifs is 1. The fraction of sp³-hybridized carbons (Fsp3) is 0.353. The molecule has 0 saturated carbocycles. The minimum atomic E-state index is -4.79. The molecule has 1 fully saturated rings. The van der Waals surface area contributed by atoms with E-state index in [9.17, 15) is 24.3 Å². The van der Waals surface area contributed by atoms with Gasteiger partial charge in [-0.25, -0.2) is 23.9 Å². The lowest BCUT2D eigenvalue weighted by Gasteiger charge is -2.16. The van der Waals surface area contributed by atoms with E-state index >= 15 is 0 Å². The van der Waals surface area contributed by atoms with E-state index < -0.39 is 44.8 Å². The second-order valence-electron chi connectivity index (χ2n) is 7.01. The zero-order valence-electron chi connectivity index (χ0n) is 16.2. The monoisotopic (exact) mass is 471 g/mol.